The van der Waals surface area contributed by atoms with Crippen LogP contribution in [0.15, 0.2) is 88.9 Å². The van der Waals surface area contributed by atoms with Crippen LogP contribution in [0.4, 0.5) is 16.2 Å². The molecule has 0 spiro atoms. The highest BCUT2D eigenvalue weighted by atomic mass is 32.2. The van der Waals surface area contributed by atoms with Crippen LogP contribution in [-0.2, 0) is 16.6 Å². The van der Waals surface area contributed by atoms with Crippen molar-refractivity contribution in [2.75, 3.05) is 17.2 Å². The van der Waals surface area contributed by atoms with Gasteiger partial charge in [0.1, 0.15) is 5.76 Å². The van der Waals surface area contributed by atoms with Crippen molar-refractivity contribution in [1.82, 2.24) is 10.0 Å². The zero-order chi connectivity index (χ0) is 23.0. The van der Waals surface area contributed by atoms with Crippen LogP contribution >= 0.6 is 0 Å². The van der Waals surface area contributed by atoms with Crippen molar-refractivity contribution in [3.05, 3.63) is 90.9 Å². The summed E-state index contributed by atoms with van der Waals surface area (Å²) in [6, 6.07) is 15.1. The molecule has 0 fully saturated rings. The Labute approximate surface area is 185 Å². The number of furan rings is 1. The molecule has 166 valence electrons. The van der Waals surface area contributed by atoms with Crippen molar-refractivity contribution in [2.45, 2.75) is 11.4 Å². The zero-order valence-electron chi connectivity index (χ0n) is 17.0. The second kappa shape index (κ2) is 10.4. The van der Waals surface area contributed by atoms with Gasteiger partial charge in [0.25, 0.3) is 5.91 Å². The Hall–Kier alpha value is -3.89. The summed E-state index contributed by atoms with van der Waals surface area (Å²) in [4.78, 5) is 24.1. The standard InChI is InChI=1S/C22H22N4O5S/c1-2-13-23-22(28)26-18-9-7-17(8-10-18)25-21(27)16-5-11-20(12-6-16)32(29,30)24-15-19-4-3-14-31-19/h2-12,14,24H,1,13,15H2,(H,25,27)(H2,23,26,28). The summed E-state index contributed by atoms with van der Waals surface area (Å²) < 4.78 is 32.3. The third-order valence-corrected chi connectivity index (χ3v) is 5.67. The average Bonchev–Trinajstić information content (AvgIpc) is 3.32. The summed E-state index contributed by atoms with van der Waals surface area (Å²) in [7, 11) is -3.75. The number of carbonyl (C=O) groups is 2. The van der Waals surface area contributed by atoms with E-state index in [1.165, 1.54) is 30.5 Å². The Kier molecular flexibility index (Phi) is 7.42. The molecule has 1 heterocycles. The van der Waals surface area contributed by atoms with E-state index in [1.807, 2.05) is 0 Å². The van der Waals surface area contributed by atoms with Gasteiger partial charge in [-0.2, -0.15) is 0 Å². The van der Waals surface area contributed by atoms with Gasteiger partial charge in [0.2, 0.25) is 10.0 Å². The molecule has 0 bridgehead atoms. The van der Waals surface area contributed by atoms with Crippen LogP contribution in [-0.4, -0.2) is 26.9 Å². The fraction of sp³-hybridized carbons (Fsp3) is 0.0909. The van der Waals surface area contributed by atoms with Crippen LogP contribution in [0.2, 0.25) is 0 Å². The SMILES string of the molecule is C=CCNC(=O)Nc1ccc(NC(=O)c2ccc(S(=O)(=O)NCc3ccco3)cc2)cc1. The van der Waals surface area contributed by atoms with Crippen LogP contribution in [0.25, 0.3) is 0 Å². The van der Waals surface area contributed by atoms with E-state index in [2.05, 4.69) is 27.3 Å². The molecule has 0 aliphatic rings. The van der Waals surface area contributed by atoms with Gasteiger partial charge in [0, 0.05) is 23.5 Å². The first kappa shape index (κ1) is 22.8. The minimum Gasteiger partial charge on any atom is -0.468 e. The molecule has 3 aromatic rings. The van der Waals surface area contributed by atoms with Crippen molar-refractivity contribution in [2.24, 2.45) is 0 Å². The second-order valence-electron chi connectivity index (χ2n) is 6.58. The molecule has 1 aromatic heterocycles. The second-order valence-corrected chi connectivity index (χ2v) is 8.35. The largest absolute Gasteiger partial charge is 0.468 e. The molecule has 0 saturated heterocycles. The lowest BCUT2D eigenvalue weighted by molar-refractivity contribution is 0.102. The lowest BCUT2D eigenvalue weighted by Crippen LogP contribution is -2.28. The molecule has 3 amide bonds. The van der Waals surface area contributed by atoms with Gasteiger partial charge in [-0.25, -0.2) is 17.9 Å². The number of urea groups is 1. The molecule has 0 saturated carbocycles. The number of benzene rings is 2. The third kappa shape index (κ3) is 6.30. The molecular formula is C22H22N4O5S. The number of amides is 3. The van der Waals surface area contributed by atoms with E-state index < -0.39 is 15.9 Å². The van der Waals surface area contributed by atoms with Gasteiger partial charge in [-0.3, -0.25) is 4.79 Å². The topological polar surface area (TPSA) is 130 Å². The maximum atomic E-state index is 12.5. The molecule has 32 heavy (non-hydrogen) atoms. The number of anilines is 2. The maximum Gasteiger partial charge on any atom is 0.319 e. The fourth-order valence-corrected chi connectivity index (χ4v) is 3.62. The van der Waals surface area contributed by atoms with Crippen molar-refractivity contribution in [3.63, 3.8) is 0 Å². The number of hydrogen-bond acceptors (Lipinski definition) is 5. The minimum atomic E-state index is -3.75. The summed E-state index contributed by atoms with van der Waals surface area (Å²) in [6.45, 7) is 3.89. The van der Waals surface area contributed by atoms with Crippen LogP contribution in [0.5, 0.6) is 0 Å². The van der Waals surface area contributed by atoms with Gasteiger partial charge in [-0.15, -0.1) is 6.58 Å². The molecule has 0 atom stereocenters. The monoisotopic (exact) mass is 454 g/mol. The molecule has 0 unspecified atom stereocenters. The fourth-order valence-electron chi connectivity index (χ4n) is 2.63. The predicted octanol–water partition coefficient (Wildman–Crippen LogP) is 3.32. The number of sulfonamides is 1. The Morgan fingerprint density at radius 1 is 0.938 bits per heavy atom. The molecule has 10 heteroatoms. The van der Waals surface area contributed by atoms with E-state index in [1.54, 1.807) is 42.5 Å². The highest BCUT2D eigenvalue weighted by Crippen LogP contribution is 2.16. The summed E-state index contributed by atoms with van der Waals surface area (Å²) >= 11 is 0. The molecule has 0 radical (unpaired) electrons. The molecular weight excluding hydrogens is 432 g/mol. The number of nitrogens with one attached hydrogen (secondary N) is 4. The van der Waals surface area contributed by atoms with E-state index >= 15 is 0 Å². The Balaban J connectivity index is 1.57. The predicted molar refractivity (Wildman–Crippen MR) is 121 cm³/mol. The summed E-state index contributed by atoms with van der Waals surface area (Å²) in [5, 5.41) is 7.96. The van der Waals surface area contributed by atoms with Crippen molar-refractivity contribution in [3.8, 4) is 0 Å². The van der Waals surface area contributed by atoms with Gasteiger partial charge < -0.3 is 20.4 Å². The Morgan fingerprint density at radius 3 is 2.19 bits per heavy atom. The van der Waals surface area contributed by atoms with Crippen LogP contribution in [0, 0.1) is 0 Å². The Bertz CT molecular complexity index is 1170. The summed E-state index contributed by atoms with van der Waals surface area (Å²) in [6.07, 6.45) is 3.03. The van der Waals surface area contributed by atoms with Crippen molar-refractivity contribution in [1.29, 1.82) is 0 Å². The zero-order valence-corrected chi connectivity index (χ0v) is 17.8. The lowest BCUT2D eigenvalue weighted by Gasteiger charge is -2.09. The molecule has 0 aliphatic carbocycles. The van der Waals surface area contributed by atoms with Gasteiger partial charge >= 0.3 is 6.03 Å². The number of hydrogen-bond donors (Lipinski definition) is 4. The molecule has 9 nitrogen and oxygen atoms in total. The minimum absolute atomic E-state index is 0.0261. The average molecular weight is 455 g/mol. The molecule has 0 aliphatic heterocycles. The molecule has 3 rings (SSSR count). The first-order valence-corrected chi connectivity index (χ1v) is 11.0. The van der Waals surface area contributed by atoms with Gasteiger partial charge in [0.05, 0.1) is 17.7 Å². The number of rotatable bonds is 9. The smallest absolute Gasteiger partial charge is 0.319 e. The first-order valence-electron chi connectivity index (χ1n) is 9.56. The lowest BCUT2D eigenvalue weighted by atomic mass is 10.2. The van der Waals surface area contributed by atoms with Gasteiger partial charge in [0.15, 0.2) is 0 Å². The highest BCUT2D eigenvalue weighted by Gasteiger charge is 2.15. The van der Waals surface area contributed by atoms with E-state index in [4.69, 9.17) is 4.42 Å². The highest BCUT2D eigenvalue weighted by molar-refractivity contribution is 7.89. The molecule has 2 aromatic carbocycles. The first-order chi connectivity index (χ1) is 15.4. The maximum absolute atomic E-state index is 12.5. The Morgan fingerprint density at radius 2 is 1.59 bits per heavy atom. The quantitative estimate of drug-likeness (QED) is 0.369. The van der Waals surface area contributed by atoms with Crippen molar-refractivity contribution >= 4 is 33.3 Å². The van der Waals surface area contributed by atoms with E-state index in [9.17, 15) is 18.0 Å². The van der Waals surface area contributed by atoms with Crippen LogP contribution in [0.1, 0.15) is 16.1 Å². The van der Waals surface area contributed by atoms with Gasteiger partial charge in [-0.05, 0) is 60.7 Å². The molecule has 4 N–H and O–H groups in total. The summed E-state index contributed by atoms with van der Waals surface area (Å²) in [5.74, 6) is 0.0881. The van der Waals surface area contributed by atoms with E-state index in [0.29, 0.717) is 29.2 Å². The van der Waals surface area contributed by atoms with Crippen LogP contribution in [0.3, 0.4) is 0 Å². The van der Waals surface area contributed by atoms with Gasteiger partial charge in [-0.1, -0.05) is 6.08 Å². The normalized spacial score (nSPS) is 10.9. The van der Waals surface area contributed by atoms with E-state index in [-0.39, 0.29) is 17.5 Å². The number of carbonyl (C=O) groups excluding carboxylic acids is 2. The van der Waals surface area contributed by atoms with Crippen LogP contribution < -0.4 is 20.7 Å². The summed E-state index contributed by atoms with van der Waals surface area (Å²) in [5.41, 5.74) is 1.37. The third-order valence-electron chi connectivity index (χ3n) is 4.25. The van der Waals surface area contributed by atoms with Crippen molar-refractivity contribution < 1.29 is 22.4 Å². The van der Waals surface area contributed by atoms with E-state index in [0.717, 1.165) is 0 Å².